The van der Waals surface area contributed by atoms with Crippen molar-refractivity contribution in [2.24, 2.45) is 5.92 Å². The van der Waals surface area contributed by atoms with Crippen LogP contribution in [0.15, 0.2) is 42.5 Å². The summed E-state index contributed by atoms with van der Waals surface area (Å²) in [4.78, 5) is 42.8. The molecule has 2 unspecified atom stereocenters. The molecule has 0 heterocycles. The molecule has 2 atom stereocenters. The van der Waals surface area contributed by atoms with E-state index in [1.54, 1.807) is 37.8 Å². The molecular weight excluding hydrogens is 518 g/mol. The molecule has 226 valence electrons. The van der Waals surface area contributed by atoms with E-state index in [-0.39, 0.29) is 23.5 Å². The summed E-state index contributed by atoms with van der Waals surface area (Å²) in [5.74, 6) is -0.558. The van der Waals surface area contributed by atoms with Gasteiger partial charge in [0, 0.05) is 12.2 Å². The molecule has 0 aliphatic rings. The highest BCUT2D eigenvalue weighted by molar-refractivity contribution is 5.99. The number of aryl methyl sites for hydroxylation is 2. The Morgan fingerprint density at radius 2 is 1.56 bits per heavy atom. The second-order valence-corrected chi connectivity index (χ2v) is 12.2. The number of rotatable bonds is 13. The smallest absolute Gasteiger partial charge is 0.408 e. The highest BCUT2D eigenvalue weighted by Gasteiger charge is 2.36. The van der Waals surface area contributed by atoms with Gasteiger partial charge in [-0.15, -0.1) is 0 Å². The van der Waals surface area contributed by atoms with E-state index < -0.39 is 23.8 Å². The van der Waals surface area contributed by atoms with Crippen molar-refractivity contribution in [2.45, 2.75) is 105 Å². The number of carbonyl (C=O) groups excluding carboxylic acids is 3. The van der Waals surface area contributed by atoms with Crippen molar-refractivity contribution < 1.29 is 24.2 Å². The lowest BCUT2D eigenvalue weighted by Crippen LogP contribution is -2.53. The molecule has 0 saturated carbocycles. The first-order valence-corrected chi connectivity index (χ1v) is 14.7. The molecule has 0 saturated heterocycles. The highest BCUT2D eigenvalue weighted by atomic mass is 16.6. The number of phenolic OH excluding ortho intramolecular Hbond substituents is 1. The summed E-state index contributed by atoms with van der Waals surface area (Å²) in [6.07, 6.45) is 3.33. The minimum Gasteiger partial charge on any atom is -0.508 e. The number of hydrogen-bond donors (Lipinski definition) is 3. The Balaban J connectivity index is 2.57. The Bertz CT molecular complexity index is 1130. The number of nitrogens with zero attached hydrogens (tertiary/aromatic N) is 1. The molecule has 8 nitrogen and oxygen atoms in total. The zero-order chi connectivity index (χ0) is 30.7. The molecule has 2 aromatic carbocycles. The van der Waals surface area contributed by atoms with Crippen LogP contribution in [0.2, 0.25) is 0 Å². The molecule has 0 aliphatic carbocycles. The molecule has 2 aromatic rings. The van der Waals surface area contributed by atoms with Gasteiger partial charge >= 0.3 is 6.09 Å². The van der Waals surface area contributed by atoms with Crippen LogP contribution in [0, 0.1) is 19.8 Å². The molecule has 41 heavy (non-hydrogen) atoms. The Hall–Kier alpha value is -3.55. The average molecular weight is 568 g/mol. The first-order valence-electron chi connectivity index (χ1n) is 14.7. The van der Waals surface area contributed by atoms with Crippen molar-refractivity contribution in [3.8, 4) is 5.75 Å². The summed E-state index contributed by atoms with van der Waals surface area (Å²) in [7, 11) is 0. The molecule has 0 spiro atoms. The predicted molar refractivity (Wildman–Crippen MR) is 164 cm³/mol. The quantitative estimate of drug-likeness (QED) is 0.225. The van der Waals surface area contributed by atoms with Gasteiger partial charge in [0.05, 0.1) is 0 Å². The van der Waals surface area contributed by atoms with Crippen LogP contribution in [0.4, 0.5) is 10.5 Å². The van der Waals surface area contributed by atoms with Crippen LogP contribution in [0.1, 0.15) is 96.4 Å². The van der Waals surface area contributed by atoms with Crippen LogP contribution in [0.25, 0.3) is 0 Å². The second kappa shape index (κ2) is 15.5. The zero-order valence-corrected chi connectivity index (χ0v) is 26.0. The van der Waals surface area contributed by atoms with E-state index in [1.165, 1.54) is 12.1 Å². The molecule has 0 aromatic heterocycles. The van der Waals surface area contributed by atoms with Gasteiger partial charge in [0.1, 0.15) is 23.4 Å². The Labute approximate surface area is 245 Å². The van der Waals surface area contributed by atoms with Gasteiger partial charge in [-0.05, 0) is 82.2 Å². The standard InChI is InChI=1S/C33H49N3O5/c1-9-10-11-12-20-36(31(39)27(21-22(2)3)34-32(40)41-33(6,7)8)29(25-16-18-26(37)19-17-25)30(38)35-28-23(4)14-13-15-24(28)5/h13-19,22,27,29,37H,9-12,20-21H2,1-8H3,(H,34,40)(H,35,38). The Morgan fingerprint density at radius 3 is 2.10 bits per heavy atom. The maximum atomic E-state index is 14.3. The van der Waals surface area contributed by atoms with E-state index in [1.807, 2.05) is 45.9 Å². The summed E-state index contributed by atoms with van der Waals surface area (Å²) in [6, 6.07) is 10.3. The van der Waals surface area contributed by atoms with Crippen molar-refractivity contribution in [2.75, 3.05) is 11.9 Å². The third-order valence-electron chi connectivity index (χ3n) is 6.73. The molecule has 3 N–H and O–H groups in total. The average Bonchev–Trinajstić information content (AvgIpc) is 2.86. The van der Waals surface area contributed by atoms with E-state index in [9.17, 15) is 19.5 Å². The number of unbranched alkanes of at least 4 members (excludes halogenated alkanes) is 3. The van der Waals surface area contributed by atoms with E-state index in [2.05, 4.69) is 17.6 Å². The van der Waals surface area contributed by atoms with Crippen molar-refractivity contribution in [3.05, 3.63) is 59.2 Å². The van der Waals surface area contributed by atoms with Crippen molar-refractivity contribution in [1.82, 2.24) is 10.2 Å². The number of alkyl carbamates (subject to hydrolysis) is 1. The van der Waals surface area contributed by atoms with Gasteiger partial charge in [0.25, 0.3) is 5.91 Å². The molecule has 0 radical (unpaired) electrons. The maximum Gasteiger partial charge on any atom is 0.408 e. The molecule has 0 fully saturated rings. The van der Waals surface area contributed by atoms with E-state index in [0.717, 1.165) is 30.4 Å². The minimum absolute atomic E-state index is 0.0627. The minimum atomic E-state index is -0.987. The van der Waals surface area contributed by atoms with E-state index >= 15 is 0 Å². The first-order chi connectivity index (χ1) is 19.2. The van der Waals surface area contributed by atoms with Gasteiger partial charge in [-0.3, -0.25) is 9.59 Å². The first kappa shape index (κ1) is 33.7. The number of phenols is 1. The third-order valence-corrected chi connectivity index (χ3v) is 6.73. The lowest BCUT2D eigenvalue weighted by molar-refractivity contribution is -0.141. The number of anilines is 1. The fraction of sp³-hybridized carbons (Fsp3) is 0.545. The summed E-state index contributed by atoms with van der Waals surface area (Å²) in [5, 5.41) is 15.8. The Morgan fingerprint density at radius 1 is 0.951 bits per heavy atom. The summed E-state index contributed by atoms with van der Waals surface area (Å²) < 4.78 is 5.48. The topological polar surface area (TPSA) is 108 Å². The van der Waals surface area contributed by atoms with Crippen LogP contribution in [-0.2, 0) is 14.3 Å². The van der Waals surface area contributed by atoms with E-state index in [4.69, 9.17) is 4.74 Å². The van der Waals surface area contributed by atoms with Crippen molar-refractivity contribution in [3.63, 3.8) is 0 Å². The highest BCUT2D eigenvalue weighted by Crippen LogP contribution is 2.29. The van der Waals surface area contributed by atoms with Crippen LogP contribution in [0.5, 0.6) is 5.75 Å². The number of ether oxygens (including phenoxy) is 1. The molecule has 2 rings (SSSR count). The normalized spacial score (nSPS) is 12.9. The van der Waals surface area contributed by atoms with Crippen molar-refractivity contribution in [1.29, 1.82) is 0 Å². The lowest BCUT2D eigenvalue weighted by Gasteiger charge is -2.35. The SMILES string of the molecule is CCCCCCN(C(=O)C(CC(C)C)NC(=O)OC(C)(C)C)C(C(=O)Nc1c(C)cccc1C)c1ccc(O)cc1. The van der Waals surface area contributed by atoms with Crippen LogP contribution in [0.3, 0.4) is 0 Å². The summed E-state index contributed by atoms with van der Waals surface area (Å²) in [5.41, 5.74) is 2.36. The van der Waals surface area contributed by atoms with Gasteiger partial charge in [-0.2, -0.15) is 0 Å². The number of aromatic hydroxyl groups is 1. The second-order valence-electron chi connectivity index (χ2n) is 12.2. The maximum absolute atomic E-state index is 14.3. The van der Waals surface area contributed by atoms with Gasteiger partial charge in [0.15, 0.2) is 0 Å². The zero-order valence-electron chi connectivity index (χ0n) is 26.0. The fourth-order valence-corrected chi connectivity index (χ4v) is 4.75. The number of benzene rings is 2. The largest absolute Gasteiger partial charge is 0.508 e. The number of amides is 3. The third kappa shape index (κ3) is 10.7. The van der Waals surface area contributed by atoms with E-state index in [0.29, 0.717) is 30.6 Å². The van der Waals surface area contributed by atoms with Gasteiger partial charge in [-0.1, -0.05) is 70.4 Å². The molecule has 0 bridgehead atoms. The van der Waals surface area contributed by atoms with Crippen LogP contribution >= 0.6 is 0 Å². The lowest BCUT2D eigenvalue weighted by atomic mass is 9.98. The molecule has 3 amide bonds. The number of carbonyl (C=O) groups is 3. The monoisotopic (exact) mass is 567 g/mol. The molecule has 0 aliphatic heterocycles. The molecular formula is C33H49N3O5. The van der Waals surface area contributed by atoms with Crippen molar-refractivity contribution >= 4 is 23.6 Å². The summed E-state index contributed by atoms with van der Waals surface area (Å²) >= 11 is 0. The number of hydrogen-bond acceptors (Lipinski definition) is 5. The molecule has 8 heteroatoms. The predicted octanol–water partition coefficient (Wildman–Crippen LogP) is 7.04. The number of nitrogens with one attached hydrogen (secondary N) is 2. The fourth-order valence-electron chi connectivity index (χ4n) is 4.75. The van der Waals surface area contributed by atoms with Gasteiger partial charge in [0.2, 0.25) is 5.91 Å². The Kier molecular flexibility index (Phi) is 12.7. The number of para-hydroxylation sites is 1. The van der Waals surface area contributed by atoms with Crippen LogP contribution in [-0.4, -0.2) is 46.1 Å². The summed E-state index contributed by atoms with van der Waals surface area (Å²) in [6.45, 7) is 15.6. The van der Waals surface area contributed by atoms with Gasteiger partial charge < -0.3 is 25.4 Å². The van der Waals surface area contributed by atoms with Crippen LogP contribution < -0.4 is 10.6 Å². The van der Waals surface area contributed by atoms with Gasteiger partial charge in [-0.25, -0.2) is 4.79 Å².